The van der Waals surface area contributed by atoms with E-state index in [1.807, 2.05) is 0 Å². The van der Waals surface area contributed by atoms with Crippen LogP contribution >= 0.6 is 0 Å². The largest absolute Gasteiger partial charge is 0.416 e. The van der Waals surface area contributed by atoms with Crippen molar-refractivity contribution in [3.63, 3.8) is 0 Å². The van der Waals surface area contributed by atoms with Crippen LogP contribution in [0.3, 0.4) is 0 Å². The number of benzene rings is 2. The molecule has 3 rings (SSSR count). The van der Waals surface area contributed by atoms with Gasteiger partial charge < -0.3 is 5.32 Å². The van der Waals surface area contributed by atoms with Gasteiger partial charge in [-0.2, -0.15) is 23.4 Å². The van der Waals surface area contributed by atoms with Gasteiger partial charge in [-0.05, 0) is 35.4 Å². The molecule has 1 amide bonds. The summed E-state index contributed by atoms with van der Waals surface area (Å²) in [5, 5.41) is 10.9. The Balaban J connectivity index is 1.78. The molecule has 7 nitrogen and oxygen atoms in total. The SMILES string of the molecule is C=C/C=N\N(N)Cc1ccc(Cn2ccc(NC(=O)c3c(F)cccc3F)n2)c(C(F)(F)F)c1. The van der Waals surface area contributed by atoms with E-state index in [1.54, 1.807) is 0 Å². The molecule has 1 heterocycles. The van der Waals surface area contributed by atoms with Crippen molar-refractivity contribution in [3.05, 3.63) is 95.2 Å². The van der Waals surface area contributed by atoms with Gasteiger partial charge in [0.25, 0.3) is 5.91 Å². The number of rotatable bonds is 8. The van der Waals surface area contributed by atoms with Crippen LogP contribution in [-0.2, 0) is 19.3 Å². The standard InChI is InChI=1S/C22H19F5N6O/c1-2-9-29-33(28)12-14-6-7-15(16(11-14)22(25,26)27)13-32-10-8-19(31-32)30-21(34)20-17(23)4-3-5-18(20)24/h2-11H,1,12-13,28H2,(H,30,31,34)/b29-9-. The number of anilines is 1. The van der Waals surface area contributed by atoms with E-state index in [4.69, 9.17) is 5.84 Å². The molecule has 34 heavy (non-hydrogen) atoms. The molecule has 0 radical (unpaired) electrons. The minimum atomic E-state index is -4.65. The number of nitrogens with zero attached hydrogens (tertiary/aromatic N) is 4. The first-order valence-electron chi connectivity index (χ1n) is 9.73. The highest BCUT2D eigenvalue weighted by Crippen LogP contribution is 2.33. The van der Waals surface area contributed by atoms with Crippen molar-refractivity contribution >= 4 is 17.9 Å². The predicted octanol–water partition coefficient (Wildman–Crippen LogP) is 4.33. The number of nitrogens with two attached hydrogens (primary N) is 1. The first kappa shape index (κ1) is 24.6. The molecule has 3 aromatic rings. The van der Waals surface area contributed by atoms with E-state index in [0.29, 0.717) is 0 Å². The number of hydrogen-bond donors (Lipinski definition) is 2. The summed E-state index contributed by atoms with van der Waals surface area (Å²) >= 11 is 0. The summed E-state index contributed by atoms with van der Waals surface area (Å²) in [4.78, 5) is 12.2. The fourth-order valence-corrected chi connectivity index (χ4v) is 3.07. The average molecular weight is 478 g/mol. The maximum absolute atomic E-state index is 13.8. The van der Waals surface area contributed by atoms with E-state index in [2.05, 4.69) is 22.1 Å². The number of halogens is 5. The van der Waals surface area contributed by atoms with E-state index < -0.39 is 34.8 Å². The first-order chi connectivity index (χ1) is 16.1. The van der Waals surface area contributed by atoms with E-state index in [9.17, 15) is 26.7 Å². The minimum absolute atomic E-state index is 0.0712. The molecule has 12 heteroatoms. The number of amides is 1. The highest BCUT2D eigenvalue weighted by atomic mass is 19.4. The van der Waals surface area contributed by atoms with E-state index >= 15 is 0 Å². The van der Waals surface area contributed by atoms with Gasteiger partial charge in [0.1, 0.15) is 17.2 Å². The number of hydrogen-bond acceptors (Lipinski definition) is 5. The minimum Gasteiger partial charge on any atom is -0.305 e. The molecule has 0 fully saturated rings. The Labute approximate surface area is 190 Å². The fourth-order valence-electron chi connectivity index (χ4n) is 3.07. The molecule has 0 saturated carbocycles. The molecule has 0 atom stereocenters. The van der Waals surface area contributed by atoms with Crippen molar-refractivity contribution in [2.75, 3.05) is 5.32 Å². The quantitative estimate of drug-likeness (QED) is 0.218. The monoisotopic (exact) mass is 478 g/mol. The highest BCUT2D eigenvalue weighted by Gasteiger charge is 2.33. The van der Waals surface area contributed by atoms with Crippen LogP contribution in [0.2, 0.25) is 0 Å². The Hall–Kier alpha value is -4.06. The number of alkyl halides is 3. The molecule has 3 N–H and O–H groups in total. The molecular weight excluding hydrogens is 459 g/mol. The molecule has 0 bridgehead atoms. The van der Waals surface area contributed by atoms with Gasteiger partial charge >= 0.3 is 6.18 Å². The lowest BCUT2D eigenvalue weighted by Gasteiger charge is -2.17. The second kappa shape index (κ2) is 10.3. The lowest BCUT2D eigenvalue weighted by molar-refractivity contribution is -0.138. The summed E-state index contributed by atoms with van der Waals surface area (Å²) in [7, 11) is 0. The van der Waals surface area contributed by atoms with Crippen LogP contribution in [0.1, 0.15) is 27.0 Å². The number of carbonyl (C=O) groups excluding carboxylic acids is 1. The fraction of sp³-hybridized carbons (Fsp3) is 0.136. The van der Waals surface area contributed by atoms with Crippen molar-refractivity contribution in [1.29, 1.82) is 0 Å². The van der Waals surface area contributed by atoms with Crippen LogP contribution in [-0.4, -0.2) is 27.0 Å². The molecule has 0 saturated heterocycles. The zero-order valence-electron chi connectivity index (χ0n) is 17.6. The molecule has 0 aliphatic rings. The maximum atomic E-state index is 13.8. The predicted molar refractivity (Wildman–Crippen MR) is 116 cm³/mol. The number of allylic oxidation sites excluding steroid dienone is 1. The number of nitrogens with one attached hydrogen (secondary N) is 1. The van der Waals surface area contributed by atoms with Crippen molar-refractivity contribution in [2.45, 2.75) is 19.3 Å². The Morgan fingerprint density at radius 1 is 1.21 bits per heavy atom. The van der Waals surface area contributed by atoms with Gasteiger partial charge in [-0.25, -0.2) is 19.7 Å². The summed E-state index contributed by atoms with van der Waals surface area (Å²) < 4.78 is 69.7. The molecule has 0 unspecified atom stereocenters. The molecule has 1 aromatic heterocycles. The van der Waals surface area contributed by atoms with Crippen molar-refractivity contribution in [1.82, 2.24) is 14.9 Å². The third kappa shape index (κ3) is 6.04. The van der Waals surface area contributed by atoms with Crippen molar-refractivity contribution < 1.29 is 26.7 Å². The third-order valence-corrected chi connectivity index (χ3v) is 4.55. The molecule has 0 aliphatic carbocycles. The molecule has 0 aliphatic heterocycles. The zero-order valence-corrected chi connectivity index (χ0v) is 17.6. The Bertz CT molecular complexity index is 1200. The van der Waals surface area contributed by atoms with Crippen molar-refractivity contribution in [2.24, 2.45) is 10.9 Å². The third-order valence-electron chi connectivity index (χ3n) is 4.55. The Kier molecular flexibility index (Phi) is 7.41. The lowest BCUT2D eigenvalue weighted by atomic mass is 10.0. The number of hydrazone groups is 1. The number of hydrazine groups is 1. The van der Waals surface area contributed by atoms with E-state index in [0.717, 1.165) is 34.1 Å². The van der Waals surface area contributed by atoms with Crippen molar-refractivity contribution in [3.8, 4) is 0 Å². The molecule has 0 spiro atoms. The van der Waals surface area contributed by atoms with Gasteiger partial charge in [0.05, 0.1) is 18.7 Å². The highest BCUT2D eigenvalue weighted by molar-refractivity contribution is 6.04. The van der Waals surface area contributed by atoms with Gasteiger partial charge in [0.2, 0.25) is 0 Å². The summed E-state index contributed by atoms with van der Waals surface area (Å²) in [6.07, 6.45) is -0.653. The second-order valence-corrected chi connectivity index (χ2v) is 7.04. The molecule has 178 valence electrons. The Morgan fingerprint density at radius 3 is 2.56 bits per heavy atom. The van der Waals surface area contributed by atoms with Gasteiger partial charge in [0, 0.05) is 18.5 Å². The van der Waals surface area contributed by atoms with Gasteiger partial charge in [-0.15, -0.1) is 0 Å². The number of aromatic nitrogens is 2. The molecular formula is C22H19F5N6O. The van der Waals surface area contributed by atoms with Crippen LogP contribution in [0.15, 0.2) is 66.4 Å². The van der Waals surface area contributed by atoms with E-state index in [1.165, 1.54) is 36.7 Å². The van der Waals surface area contributed by atoms with Gasteiger partial charge in [0.15, 0.2) is 5.82 Å². The second-order valence-electron chi connectivity index (χ2n) is 7.04. The van der Waals surface area contributed by atoms with E-state index in [-0.39, 0.29) is 30.0 Å². The van der Waals surface area contributed by atoms with Crippen LogP contribution in [0.4, 0.5) is 27.8 Å². The van der Waals surface area contributed by atoms with Crippen LogP contribution in [0.5, 0.6) is 0 Å². The average Bonchev–Trinajstić information content (AvgIpc) is 3.19. The van der Waals surface area contributed by atoms with Gasteiger partial charge in [-0.3, -0.25) is 9.48 Å². The normalized spacial score (nSPS) is 11.6. The van der Waals surface area contributed by atoms with Gasteiger partial charge in [-0.1, -0.05) is 24.8 Å². The van der Waals surface area contributed by atoms with Crippen LogP contribution < -0.4 is 11.2 Å². The smallest absolute Gasteiger partial charge is 0.305 e. The zero-order chi connectivity index (χ0) is 24.9. The summed E-state index contributed by atoms with van der Waals surface area (Å²) in [5.74, 6) is 2.35. The summed E-state index contributed by atoms with van der Waals surface area (Å²) in [5.41, 5.74) is -1.49. The maximum Gasteiger partial charge on any atom is 0.416 e. The Morgan fingerprint density at radius 2 is 1.91 bits per heavy atom. The summed E-state index contributed by atoms with van der Waals surface area (Å²) in [6.45, 7) is 3.08. The number of carbonyl (C=O) groups is 1. The molecule has 2 aromatic carbocycles. The first-order valence-corrected chi connectivity index (χ1v) is 9.73. The topological polar surface area (TPSA) is 88.5 Å². The lowest BCUT2D eigenvalue weighted by Crippen LogP contribution is -2.25. The van der Waals surface area contributed by atoms with Crippen LogP contribution in [0, 0.1) is 11.6 Å². The van der Waals surface area contributed by atoms with Crippen LogP contribution in [0.25, 0.3) is 0 Å². The summed E-state index contributed by atoms with van der Waals surface area (Å²) in [6, 6.07) is 7.98.